The smallest absolute Gasteiger partial charge is 0.0118 e. The highest BCUT2D eigenvalue weighted by molar-refractivity contribution is 5.15. The Bertz CT molecular complexity index is 228. The lowest BCUT2D eigenvalue weighted by atomic mass is 9.48. The molecule has 76 valence electrons. The minimum Gasteiger partial charge on any atom is -0.0846 e. The minimum absolute atomic E-state index is 0.309. The van der Waals surface area contributed by atoms with Crippen LogP contribution in [0.5, 0.6) is 0 Å². The molecule has 1 rings (SSSR count). The van der Waals surface area contributed by atoms with E-state index in [0.717, 1.165) is 0 Å². The van der Waals surface area contributed by atoms with Crippen molar-refractivity contribution in [1.82, 2.24) is 0 Å². The first-order chi connectivity index (χ1) is 5.63. The Balaban J connectivity index is 3.22. The molecular weight excluding hydrogens is 156 g/mol. The summed E-state index contributed by atoms with van der Waals surface area (Å²) in [6.45, 7) is 16.6. The van der Waals surface area contributed by atoms with Gasteiger partial charge in [-0.2, -0.15) is 0 Å². The maximum absolute atomic E-state index is 2.40. The van der Waals surface area contributed by atoms with Gasteiger partial charge in [0, 0.05) is 0 Å². The number of allylic oxidation sites excluding steroid dienone is 2. The monoisotopic (exact) mass is 180 g/mol. The molecule has 1 unspecified atom stereocenters. The summed E-state index contributed by atoms with van der Waals surface area (Å²) in [6.07, 6.45) is 4.77. The van der Waals surface area contributed by atoms with Gasteiger partial charge < -0.3 is 0 Å². The van der Waals surface area contributed by atoms with Crippen molar-refractivity contribution in [3.63, 3.8) is 0 Å². The van der Waals surface area contributed by atoms with Gasteiger partial charge in [-0.25, -0.2) is 0 Å². The van der Waals surface area contributed by atoms with Gasteiger partial charge in [-0.05, 0) is 22.2 Å². The van der Waals surface area contributed by atoms with Gasteiger partial charge in [0.2, 0.25) is 0 Å². The van der Waals surface area contributed by atoms with Crippen molar-refractivity contribution in [2.45, 2.75) is 48.5 Å². The predicted octanol–water partition coefficient (Wildman–Crippen LogP) is 4.27. The molecule has 0 saturated heterocycles. The molecule has 0 aromatic heterocycles. The summed E-state index contributed by atoms with van der Waals surface area (Å²) in [5, 5.41) is 0. The zero-order valence-corrected chi connectivity index (χ0v) is 10.2. The second-order valence-corrected chi connectivity index (χ2v) is 6.22. The first kappa shape index (κ1) is 10.8. The van der Waals surface area contributed by atoms with E-state index in [4.69, 9.17) is 0 Å². The van der Waals surface area contributed by atoms with Crippen molar-refractivity contribution in [2.75, 3.05) is 0 Å². The van der Waals surface area contributed by atoms with E-state index >= 15 is 0 Å². The van der Waals surface area contributed by atoms with E-state index in [1.54, 1.807) is 0 Å². The Kier molecular flexibility index (Phi) is 2.18. The minimum atomic E-state index is 0.309. The average molecular weight is 180 g/mol. The van der Waals surface area contributed by atoms with Crippen molar-refractivity contribution >= 4 is 0 Å². The molecular formula is C13H24. The van der Waals surface area contributed by atoms with Crippen molar-refractivity contribution in [2.24, 2.45) is 22.2 Å². The zero-order valence-electron chi connectivity index (χ0n) is 10.2. The molecule has 1 aliphatic rings. The third-order valence-electron chi connectivity index (χ3n) is 5.16. The number of hydrogen-bond donors (Lipinski definition) is 0. The SMILES string of the molecule is CC1C=CC(C)(C)C(C)(C)C1(C)C. The van der Waals surface area contributed by atoms with Gasteiger partial charge in [-0.3, -0.25) is 0 Å². The summed E-state index contributed by atoms with van der Waals surface area (Å²) >= 11 is 0. The summed E-state index contributed by atoms with van der Waals surface area (Å²) in [4.78, 5) is 0. The quantitative estimate of drug-likeness (QED) is 0.488. The molecule has 0 heteroatoms. The molecule has 0 heterocycles. The molecule has 0 nitrogen and oxygen atoms in total. The molecule has 0 fully saturated rings. The van der Waals surface area contributed by atoms with Gasteiger partial charge in [-0.15, -0.1) is 0 Å². The standard InChI is InChI=1S/C13H24/c1-10-8-9-11(2,3)13(6,7)12(10,4)5/h8-10H,1-7H3. The second-order valence-electron chi connectivity index (χ2n) is 6.22. The van der Waals surface area contributed by atoms with E-state index in [1.807, 2.05) is 0 Å². The van der Waals surface area contributed by atoms with E-state index in [0.29, 0.717) is 22.2 Å². The third-order valence-corrected chi connectivity index (χ3v) is 5.16. The van der Waals surface area contributed by atoms with Crippen molar-refractivity contribution in [1.29, 1.82) is 0 Å². The molecule has 0 amide bonds. The van der Waals surface area contributed by atoms with Crippen LogP contribution >= 0.6 is 0 Å². The molecule has 0 N–H and O–H groups in total. The molecule has 0 bridgehead atoms. The fourth-order valence-electron chi connectivity index (χ4n) is 2.23. The summed E-state index contributed by atoms with van der Waals surface area (Å²) in [5.41, 5.74) is 1.04. The predicted molar refractivity (Wildman–Crippen MR) is 59.6 cm³/mol. The Morgan fingerprint density at radius 2 is 1.38 bits per heavy atom. The molecule has 13 heavy (non-hydrogen) atoms. The second kappa shape index (κ2) is 2.62. The fourth-order valence-corrected chi connectivity index (χ4v) is 2.23. The highest BCUT2D eigenvalue weighted by atomic mass is 14.5. The summed E-state index contributed by atoms with van der Waals surface area (Å²) in [7, 11) is 0. The topological polar surface area (TPSA) is 0 Å². The first-order valence-electron chi connectivity index (χ1n) is 5.32. The maximum Gasteiger partial charge on any atom is -0.0118 e. The van der Waals surface area contributed by atoms with Crippen molar-refractivity contribution < 1.29 is 0 Å². The van der Waals surface area contributed by atoms with E-state index in [1.165, 1.54) is 0 Å². The van der Waals surface area contributed by atoms with Crippen LogP contribution in [0.15, 0.2) is 12.2 Å². The Hall–Kier alpha value is -0.260. The van der Waals surface area contributed by atoms with Gasteiger partial charge >= 0.3 is 0 Å². The molecule has 0 aromatic rings. The van der Waals surface area contributed by atoms with Crippen LogP contribution < -0.4 is 0 Å². The van der Waals surface area contributed by atoms with Gasteiger partial charge in [0.1, 0.15) is 0 Å². The van der Waals surface area contributed by atoms with Crippen LogP contribution in [0.4, 0.5) is 0 Å². The molecule has 0 saturated carbocycles. The molecule has 1 aliphatic carbocycles. The Morgan fingerprint density at radius 1 is 0.923 bits per heavy atom. The Labute approximate surface area is 83.4 Å². The third kappa shape index (κ3) is 1.26. The van der Waals surface area contributed by atoms with Gasteiger partial charge in [0.25, 0.3) is 0 Å². The number of hydrogen-bond acceptors (Lipinski definition) is 0. The van der Waals surface area contributed by atoms with Crippen LogP contribution in [0.25, 0.3) is 0 Å². The highest BCUT2D eigenvalue weighted by Gasteiger charge is 2.50. The lowest BCUT2D eigenvalue weighted by Crippen LogP contribution is -2.49. The zero-order chi connectivity index (χ0) is 10.5. The molecule has 0 aromatic carbocycles. The van der Waals surface area contributed by atoms with Gasteiger partial charge in [0.15, 0.2) is 0 Å². The molecule has 0 spiro atoms. The largest absolute Gasteiger partial charge is 0.0846 e. The fraction of sp³-hybridized carbons (Fsp3) is 0.846. The van der Waals surface area contributed by atoms with Crippen LogP contribution in [0.3, 0.4) is 0 Å². The average Bonchev–Trinajstić information content (AvgIpc) is 1.97. The van der Waals surface area contributed by atoms with Crippen LogP contribution in [0.2, 0.25) is 0 Å². The van der Waals surface area contributed by atoms with E-state index < -0.39 is 0 Å². The van der Waals surface area contributed by atoms with Crippen molar-refractivity contribution in [3.8, 4) is 0 Å². The summed E-state index contributed by atoms with van der Waals surface area (Å²) in [6, 6.07) is 0. The molecule has 0 radical (unpaired) electrons. The van der Waals surface area contributed by atoms with E-state index in [2.05, 4.69) is 60.6 Å². The molecule has 0 aliphatic heterocycles. The lowest BCUT2D eigenvalue weighted by molar-refractivity contribution is -0.0279. The Morgan fingerprint density at radius 3 is 1.77 bits per heavy atom. The first-order valence-corrected chi connectivity index (χ1v) is 5.32. The number of rotatable bonds is 0. The van der Waals surface area contributed by atoms with Crippen LogP contribution in [0, 0.1) is 22.2 Å². The normalized spacial score (nSPS) is 34.5. The van der Waals surface area contributed by atoms with Crippen LogP contribution in [-0.4, -0.2) is 0 Å². The lowest BCUT2D eigenvalue weighted by Gasteiger charge is -2.56. The van der Waals surface area contributed by atoms with E-state index in [9.17, 15) is 0 Å². The maximum atomic E-state index is 2.40. The van der Waals surface area contributed by atoms with Crippen LogP contribution in [0.1, 0.15) is 48.5 Å². The van der Waals surface area contributed by atoms with Gasteiger partial charge in [-0.1, -0.05) is 60.6 Å². The summed E-state index contributed by atoms with van der Waals surface area (Å²) in [5.74, 6) is 0.676. The highest BCUT2D eigenvalue weighted by Crippen LogP contribution is 2.58. The molecule has 1 atom stereocenters. The van der Waals surface area contributed by atoms with E-state index in [-0.39, 0.29) is 0 Å². The van der Waals surface area contributed by atoms with Crippen LogP contribution in [-0.2, 0) is 0 Å². The summed E-state index contributed by atoms with van der Waals surface area (Å²) < 4.78 is 0. The van der Waals surface area contributed by atoms with Gasteiger partial charge in [0.05, 0.1) is 0 Å². The van der Waals surface area contributed by atoms with Crippen molar-refractivity contribution in [3.05, 3.63) is 12.2 Å².